The molecular formula is C17H32N2O. The lowest BCUT2D eigenvalue weighted by atomic mass is 9.65. The zero-order valence-corrected chi connectivity index (χ0v) is 13.7. The standard InChI is InChI=1S/C17H32N2O/c1-13(7-8-18)5-6-15(20)19-12-17(4)10-14(19)9-16(2,3)11-17/h13-14H,5-12,18H2,1-4H3. The molecule has 0 spiro atoms. The number of hydrogen-bond donors (Lipinski definition) is 1. The van der Waals surface area contributed by atoms with Crippen LogP contribution in [0.3, 0.4) is 0 Å². The molecule has 20 heavy (non-hydrogen) atoms. The Hall–Kier alpha value is -0.570. The maximum atomic E-state index is 12.5. The third-order valence-corrected chi connectivity index (χ3v) is 5.25. The first kappa shape index (κ1) is 15.8. The van der Waals surface area contributed by atoms with Crippen LogP contribution in [0, 0.1) is 16.7 Å². The first-order valence-corrected chi connectivity index (χ1v) is 8.24. The maximum Gasteiger partial charge on any atom is 0.222 e. The molecule has 3 heteroatoms. The van der Waals surface area contributed by atoms with Crippen molar-refractivity contribution in [1.82, 2.24) is 4.90 Å². The lowest BCUT2D eigenvalue weighted by Gasteiger charge is -2.39. The van der Waals surface area contributed by atoms with Gasteiger partial charge in [0.25, 0.3) is 0 Å². The predicted molar refractivity (Wildman–Crippen MR) is 83.3 cm³/mol. The highest BCUT2D eigenvalue weighted by Gasteiger charge is 2.50. The number of carbonyl (C=O) groups excluding carboxylic acids is 1. The summed E-state index contributed by atoms with van der Waals surface area (Å²) in [6.45, 7) is 11.0. The van der Waals surface area contributed by atoms with Crippen molar-refractivity contribution in [3.8, 4) is 0 Å². The molecule has 1 amide bonds. The van der Waals surface area contributed by atoms with E-state index in [1.165, 1.54) is 19.3 Å². The number of rotatable bonds is 5. The number of fused-ring (bicyclic) bond motifs is 2. The molecule has 2 bridgehead atoms. The SMILES string of the molecule is CC(CCN)CCC(=O)N1CC2(C)CC1CC(C)(C)C2. The molecule has 0 aromatic carbocycles. The molecule has 2 aliphatic rings. The Bertz CT molecular complexity index is 366. The Labute approximate surface area is 124 Å². The molecule has 1 saturated carbocycles. The molecule has 2 N–H and O–H groups in total. The lowest BCUT2D eigenvalue weighted by Crippen LogP contribution is -2.37. The van der Waals surface area contributed by atoms with E-state index in [9.17, 15) is 4.79 Å². The molecule has 1 aliphatic carbocycles. The van der Waals surface area contributed by atoms with Crippen molar-refractivity contribution in [2.24, 2.45) is 22.5 Å². The summed E-state index contributed by atoms with van der Waals surface area (Å²) in [7, 11) is 0. The van der Waals surface area contributed by atoms with Gasteiger partial charge in [-0.2, -0.15) is 0 Å². The van der Waals surface area contributed by atoms with Gasteiger partial charge in [0.2, 0.25) is 5.91 Å². The molecule has 0 aromatic heterocycles. The smallest absolute Gasteiger partial charge is 0.222 e. The van der Waals surface area contributed by atoms with Gasteiger partial charge in [0, 0.05) is 19.0 Å². The summed E-state index contributed by atoms with van der Waals surface area (Å²) in [5.41, 5.74) is 6.32. The van der Waals surface area contributed by atoms with E-state index in [-0.39, 0.29) is 0 Å². The molecule has 1 heterocycles. The highest BCUT2D eigenvalue weighted by Crippen LogP contribution is 2.52. The molecule has 3 nitrogen and oxygen atoms in total. The zero-order chi connectivity index (χ0) is 15.0. The van der Waals surface area contributed by atoms with Gasteiger partial charge in [-0.05, 0) is 55.4 Å². The van der Waals surface area contributed by atoms with Crippen molar-refractivity contribution in [3.63, 3.8) is 0 Å². The average Bonchev–Trinajstić information content (AvgIpc) is 2.56. The number of carbonyl (C=O) groups is 1. The van der Waals surface area contributed by atoms with E-state index in [0.717, 1.165) is 25.9 Å². The normalized spacial score (nSPS) is 33.2. The number of nitrogens with two attached hydrogens (primary N) is 1. The van der Waals surface area contributed by atoms with Crippen LogP contribution in [0.15, 0.2) is 0 Å². The molecular weight excluding hydrogens is 248 g/mol. The van der Waals surface area contributed by atoms with Gasteiger partial charge in [-0.15, -0.1) is 0 Å². The van der Waals surface area contributed by atoms with Crippen LogP contribution < -0.4 is 5.73 Å². The molecule has 1 aliphatic heterocycles. The molecule has 2 fully saturated rings. The minimum atomic E-state index is 0.352. The number of hydrogen-bond acceptors (Lipinski definition) is 2. The van der Waals surface area contributed by atoms with Crippen LogP contribution in [0.25, 0.3) is 0 Å². The summed E-state index contributed by atoms with van der Waals surface area (Å²) in [4.78, 5) is 14.7. The van der Waals surface area contributed by atoms with Crippen LogP contribution in [0.1, 0.15) is 66.2 Å². The van der Waals surface area contributed by atoms with E-state index in [1.54, 1.807) is 0 Å². The molecule has 0 radical (unpaired) electrons. The fourth-order valence-corrected chi connectivity index (χ4v) is 4.69. The fraction of sp³-hybridized carbons (Fsp3) is 0.941. The lowest BCUT2D eigenvalue weighted by molar-refractivity contribution is -0.132. The van der Waals surface area contributed by atoms with Crippen LogP contribution >= 0.6 is 0 Å². The zero-order valence-electron chi connectivity index (χ0n) is 13.7. The minimum Gasteiger partial charge on any atom is -0.339 e. The topological polar surface area (TPSA) is 46.3 Å². The third-order valence-electron chi connectivity index (χ3n) is 5.25. The second-order valence-electron chi connectivity index (χ2n) is 8.46. The van der Waals surface area contributed by atoms with Gasteiger partial charge in [-0.1, -0.05) is 27.7 Å². The molecule has 116 valence electrons. The van der Waals surface area contributed by atoms with E-state index >= 15 is 0 Å². The summed E-state index contributed by atoms with van der Waals surface area (Å²) >= 11 is 0. The highest BCUT2D eigenvalue weighted by molar-refractivity contribution is 5.77. The quantitative estimate of drug-likeness (QED) is 0.840. The Balaban J connectivity index is 1.92. The average molecular weight is 280 g/mol. The van der Waals surface area contributed by atoms with Crippen LogP contribution in [0.5, 0.6) is 0 Å². The van der Waals surface area contributed by atoms with Crippen molar-refractivity contribution < 1.29 is 4.79 Å². The van der Waals surface area contributed by atoms with E-state index in [4.69, 9.17) is 5.73 Å². The number of amides is 1. The van der Waals surface area contributed by atoms with Gasteiger partial charge in [0.15, 0.2) is 0 Å². The van der Waals surface area contributed by atoms with E-state index in [1.807, 2.05) is 0 Å². The van der Waals surface area contributed by atoms with Crippen molar-refractivity contribution >= 4 is 5.91 Å². The summed E-state index contributed by atoms with van der Waals surface area (Å²) in [5, 5.41) is 0. The molecule has 2 rings (SSSR count). The Kier molecular flexibility index (Phi) is 4.48. The largest absolute Gasteiger partial charge is 0.339 e. The minimum absolute atomic E-state index is 0.352. The summed E-state index contributed by atoms with van der Waals surface area (Å²) in [5.74, 6) is 0.943. The third kappa shape index (κ3) is 3.55. The highest BCUT2D eigenvalue weighted by atomic mass is 16.2. The predicted octanol–water partition coefficient (Wildman–Crippen LogP) is 3.18. The van der Waals surface area contributed by atoms with Crippen LogP contribution in [-0.4, -0.2) is 29.9 Å². The van der Waals surface area contributed by atoms with Crippen molar-refractivity contribution in [1.29, 1.82) is 0 Å². The Morgan fingerprint density at radius 1 is 1.30 bits per heavy atom. The fourth-order valence-electron chi connectivity index (χ4n) is 4.69. The van der Waals surface area contributed by atoms with Crippen LogP contribution in [0.2, 0.25) is 0 Å². The molecule has 3 unspecified atom stereocenters. The van der Waals surface area contributed by atoms with E-state index in [0.29, 0.717) is 35.1 Å². The van der Waals surface area contributed by atoms with Crippen molar-refractivity contribution in [2.75, 3.05) is 13.1 Å². The van der Waals surface area contributed by atoms with Gasteiger partial charge < -0.3 is 10.6 Å². The van der Waals surface area contributed by atoms with Gasteiger partial charge in [-0.25, -0.2) is 0 Å². The summed E-state index contributed by atoms with van der Waals surface area (Å²) in [6.07, 6.45) is 6.35. The first-order valence-electron chi connectivity index (χ1n) is 8.24. The second-order valence-corrected chi connectivity index (χ2v) is 8.46. The van der Waals surface area contributed by atoms with Crippen molar-refractivity contribution in [3.05, 3.63) is 0 Å². The molecule has 0 aromatic rings. The Morgan fingerprint density at radius 3 is 2.65 bits per heavy atom. The summed E-state index contributed by atoms with van der Waals surface area (Å²) < 4.78 is 0. The first-order chi connectivity index (χ1) is 9.25. The molecule has 1 saturated heterocycles. The van der Waals surface area contributed by atoms with E-state index in [2.05, 4.69) is 32.6 Å². The number of likely N-dealkylation sites (tertiary alicyclic amines) is 1. The second kappa shape index (κ2) is 5.67. The van der Waals surface area contributed by atoms with Crippen LogP contribution in [-0.2, 0) is 4.79 Å². The van der Waals surface area contributed by atoms with Gasteiger partial charge >= 0.3 is 0 Å². The van der Waals surface area contributed by atoms with Gasteiger partial charge in [0.05, 0.1) is 0 Å². The number of nitrogens with zero attached hydrogens (tertiary/aromatic N) is 1. The van der Waals surface area contributed by atoms with Gasteiger partial charge in [-0.3, -0.25) is 4.79 Å². The van der Waals surface area contributed by atoms with E-state index < -0.39 is 0 Å². The van der Waals surface area contributed by atoms with Crippen LogP contribution in [0.4, 0.5) is 0 Å². The monoisotopic (exact) mass is 280 g/mol. The molecule has 3 atom stereocenters. The van der Waals surface area contributed by atoms with Gasteiger partial charge in [0.1, 0.15) is 0 Å². The maximum absolute atomic E-state index is 12.5. The Morgan fingerprint density at radius 2 is 2.00 bits per heavy atom. The van der Waals surface area contributed by atoms with Crippen molar-refractivity contribution in [2.45, 2.75) is 72.3 Å². The summed E-state index contributed by atoms with van der Waals surface area (Å²) in [6, 6.07) is 0.487.